The van der Waals surface area contributed by atoms with Gasteiger partial charge in [0.05, 0.1) is 37.6 Å². The number of urea groups is 1. The van der Waals surface area contributed by atoms with Gasteiger partial charge in [-0.25, -0.2) is 9.69 Å². The summed E-state index contributed by atoms with van der Waals surface area (Å²) in [5.41, 5.74) is 0.340. The number of carbonyl (C=O) groups excluding carboxylic acids is 3. The average Bonchev–Trinajstić information content (AvgIpc) is 2.78. The molecule has 0 aromatic heterocycles. The van der Waals surface area contributed by atoms with Crippen molar-refractivity contribution in [1.82, 2.24) is 5.32 Å². The Labute approximate surface area is 199 Å². The van der Waals surface area contributed by atoms with Gasteiger partial charge in [0.15, 0.2) is 0 Å². The molecule has 1 aliphatic heterocycles. The second kappa shape index (κ2) is 10.4. The molecule has 1 heterocycles. The fourth-order valence-electron chi connectivity index (χ4n) is 3.23. The standard InChI is InChI=1S/C23H23BrN2O7/c1-5-32-14-7-8-18(33-6-2)17(11-14)26-22(28)15(21(27)25-23(26)29)9-13-10-16(24)20(31-4)12-19(13)30-3/h7-12H,5-6H2,1-4H3,(H,25,27,29)/b15-9+. The third-order valence-electron chi connectivity index (χ3n) is 4.69. The molecule has 0 spiro atoms. The van der Waals surface area contributed by atoms with E-state index in [1.54, 1.807) is 31.2 Å². The number of nitrogens with zero attached hydrogens (tertiary/aromatic N) is 1. The zero-order valence-electron chi connectivity index (χ0n) is 18.6. The summed E-state index contributed by atoms with van der Waals surface area (Å²) in [6.45, 7) is 4.29. The summed E-state index contributed by atoms with van der Waals surface area (Å²) in [5, 5.41) is 2.21. The van der Waals surface area contributed by atoms with E-state index in [0.29, 0.717) is 46.2 Å². The van der Waals surface area contributed by atoms with Crippen LogP contribution in [0.1, 0.15) is 19.4 Å². The molecule has 0 radical (unpaired) electrons. The molecule has 0 unspecified atom stereocenters. The molecule has 1 N–H and O–H groups in total. The Morgan fingerprint density at radius 1 is 0.939 bits per heavy atom. The van der Waals surface area contributed by atoms with Crippen molar-refractivity contribution < 1.29 is 33.3 Å². The quantitative estimate of drug-likeness (QED) is 0.417. The van der Waals surface area contributed by atoms with Crippen molar-refractivity contribution in [2.75, 3.05) is 32.3 Å². The van der Waals surface area contributed by atoms with Crippen molar-refractivity contribution in [3.63, 3.8) is 0 Å². The SMILES string of the molecule is CCOc1ccc(OCC)c(N2C(=O)NC(=O)/C(=C\c3cc(Br)c(OC)cc3OC)C2=O)c1. The minimum atomic E-state index is -0.889. The van der Waals surface area contributed by atoms with Gasteiger partial charge in [-0.15, -0.1) is 0 Å². The van der Waals surface area contributed by atoms with Gasteiger partial charge in [-0.2, -0.15) is 0 Å². The molecule has 4 amide bonds. The van der Waals surface area contributed by atoms with E-state index in [9.17, 15) is 14.4 Å². The number of barbiturate groups is 1. The Balaban J connectivity index is 2.11. The minimum absolute atomic E-state index is 0.159. The van der Waals surface area contributed by atoms with Crippen LogP contribution < -0.4 is 29.2 Å². The molecule has 0 saturated carbocycles. The van der Waals surface area contributed by atoms with Gasteiger partial charge in [0.25, 0.3) is 11.8 Å². The second-order valence-electron chi connectivity index (χ2n) is 6.68. The molecule has 3 rings (SSSR count). The molecule has 174 valence electrons. The Morgan fingerprint density at radius 3 is 2.27 bits per heavy atom. The van der Waals surface area contributed by atoms with Gasteiger partial charge in [-0.05, 0) is 54.1 Å². The lowest BCUT2D eigenvalue weighted by Crippen LogP contribution is -2.54. The highest BCUT2D eigenvalue weighted by Gasteiger charge is 2.38. The van der Waals surface area contributed by atoms with Crippen LogP contribution in [0.4, 0.5) is 10.5 Å². The monoisotopic (exact) mass is 518 g/mol. The first-order chi connectivity index (χ1) is 15.8. The number of hydrogen-bond donors (Lipinski definition) is 1. The molecule has 0 aliphatic carbocycles. The van der Waals surface area contributed by atoms with Gasteiger partial charge >= 0.3 is 6.03 Å². The Kier molecular flexibility index (Phi) is 7.59. The van der Waals surface area contributed by atoms with E-state index in [0.717, 1.165) is 4.90 Å². The van der Waals surface area contributed by atoms with E-state index in [4.69, 9.17) is 18.9 Å². The van der Waals surface area contributed by atoms with Crippen molar-refractivity contribution in [1.29, 1.82) is 0 Å². The number of nitrogens with one attached hydrogen (secondary N) is 1. The topological polar surface area (TPSA) is 103 Å². The number of carbonyl (C=O) groups is 3. The Morgan fingerprint density at radius 2 is 1.64 bits per heavy atom. The van der Waals surface area contributed by atoms with Crippen molar-refractivity contribution in [3.05, 3.63) is 45.9 Å². The number of amides is 4. The van der Waals surface area contributed by atoms with E-state index in [2.05, 4.69) is 21.2 Å². The van der Waals surface area contributed by atoms with Gasteiger partial charge in [0.2, 0.25) is 0 Å². The van der Waals surface area contributed by atoms with Crippen LogP contribution >= 0.6 is 15.9 Å². The second-order valence-corrected chi connectivity index (χ2v) is 7.54. The number of anilines is 1. The third-order valence-corrected chi connectivity index (χ3v) is 5.31. The molecule has 2 aromatic carbocycles. The van der Waals surface area contributed by atoms with Crippen molar-refractivity contribution >= 4 is 45.5 Å². The number of ether oxygens (including phenoxy) is 4. The van der Waals surface area contributed by atoms with Gasteiger partial charge in [0, 0.05) is 17.7 Å². The van der Waals surface area contributed by atoms with Crippen LogP contribution in [0.2, 0.25) is 0 Å². The van der Waals surface area contributed by atoms with Crippen LogP contribution in [-0.4, -0.2) is 45.3 Å². The fraction of sp³-hybridized carbons (Fsp3) is 0.261. The third kappa shape index (κ3) is 4.95. The Hall–Kier alpha value is -3.53. The zero-order chi connectivity index (χ0) is 24.1. The number of imide groups is 2. The van der Waals surface area contributed by atoms with E-state index in [1.165, 1.54) is 26.4 Å². The maximum atomic E-state index is 13.4. The van der Waals surface area contributed by atoms with Crippen LogP contribution in [0.3, 0.4) is 0 Å². The first kappa shape index (κ1) is 24.1. The number of halogens is 1. The van der Waals surface area contributed by atoms with Crippen LogP contribution in [-0.2, 0) is 9.59 Å². The largest absolute Gasteiger partial charge is 0.496 e. The number of methoxy groups -OCH3 is 2. The van der Waals surface area contributed by atoms with Crippen molar-refractivity contribution in [2.45, 2.75) is 13.8 Å². The van der Waals surface area contributed by atoms with Crippen LogP contribution in [0, 0.1) is 0 Å². The molecular weight excluding hydrogens is 496 g/mol. The van der Waals surface area contributed by atoms with E-state index in [1.807, 2.05) is 6.92 Å². The van der Waals surface area contributed by atoms with Crippen LogP contribution in [0.5, 0.6) is 23.0 Å². The predicted molar refractivity (Wildman–Crippen MR) is 125 cm³/mol. The Bertz CT molecular complexity index is 1130. The van der Waals surface area contributed by atoms with E-state index < -0.39 is 17.8 Å². The lowest BCUT2D eigenvalue weighted by atomic mass is 10.1. The summed E-state index contributed by atoms with van der Waals surface area (Å²) in [6.07, 6.45) is 1.35. The lowest BCUT2D eigenvalue weighted by molar-refractivity contribution is -0.122. The summed E-state index contributed by atoms with van der Waals surface area (Å²) in [7, 11) is 2.96. The molecule has 2 aromatic rings. The molecule has 1 fully saturated rings. The molecule has 1 aliphatic rings. The van der Waals surface area contributed by atoms with Gasteiger partial charge in [0.1, 0.15) is 28.6 Å². The number of rotatable bonds is 8. The van der Waals surface area contributed by atoms with Gasteiger partial charge in [-0.1, -0.05) is 0 Å². The van der Waals surface area contributed by atoms with E-state index in [-0.39, 0.29) is 11.3 Å². The summed E-state index contributed by atoms with van der Waals surface area (Å²) >= 11 is 3.38. The molecule has 33 heavy (non-hydrogen) atoms. The highest BCUT2D eigenvalue weighted by Crippen LogP contribution is 2.37. The minimum Gasteiger partial charge on any atom is -0.496 e. The molecular formula is C23H23BrN2O7. The van der Waals surface area contributed by atoms with Crippen LogP contribution in [0.15, 0.2) is 40.4 Å². The maximum absolute atomic E-state index is 13.4. The lowest BCUT2D eigenvalue weighted by Gasteiger charge is -2.28. The van der Waals surface area contributed by atoms with E-state index >= 15 is 0 Å². The number of hydrogen-bond acceptors (Lipinski definition) is 7. The smallest absolute Gasteiger partial charge is 0.336 e. The average molecular weight is 519 g/mol. The summed E-state index contributed by atoms with van der Waals surface area (Å²) in [4.78, 5) is 39.5. The zero-order valence-corrected chi connectivity index (χ0v) is 20.1. The number of benzene rings is 2. The summed E-state index contributed by atoms with van der Waals surface area (Å²) in [5.74, 6) is -0.0107. The van der Waals surface area contributed by atoms with Crippen molar-refractivity contribution in [3.8, 4) is 23.0 Å². The highest BCUT2D eigenvalue weighted by atomic mass is 79.9. The summed E-state index contributed by atoms with van der Waals surface area (Å²) < 4.78 is 22.3. The van der Waals surface area contributed by atoms with Gasteiger partial charge < -0.3 is 18.9 Å². The van der Waals surface area contributed by atoms with Crippen molar-refractivity contribution in [2.24, 2.45) is 0 Å². The molecule has 9 nitrogen and oxygen atoms in total. The van der Waals surface area contributed by atoms with Crippen LogP contribution in [0.25, 0.3) is 6.08 Å². The molecule has 0 bridgehead atoms. The van der Waals surface area contributed by atoms with Gasteiger partial charge in [-0.3, -0.25) is 14.9 Å². The molecule has 10 heteroatoms. The summed E-state index contributed by atoms with van der Waals surface area (Å²) in [6, 6.07) is 7.17. The first-order valence-corrected chi connectivity index (χ1v) is 10.9. The fourth-order valence-corrected chi connectivity index (χ4v) is 3.76. The maximum Gasteiger partial charge on any atom is 0.336 e. The molecule has 1 saturated heterocycles. The molecule has 0 atom stereocenters. The normalized spacial score (nSPS) is 14.9. The first-order valence-electron chi connectivity index (χ1n) is 10.1. The highest BCUT2D eigenvalue weighted by molar-refractivity contribution is 9.10. The predicted octanol–water partition coefficient (Wildman–Crippen LogP) is 3.93.